The summed E-state index contributed by atoms with van der Waals surface area (Å²) in [4.78, 5) is 26.2. The maximum absolute atomic E-state index is 13.1. The van der Waals surface area contributed by atoms with Crippen molar-refractivity contribution in [2.45, 2.75) is 57.6 Å². The SMILES string of the molecule is CC1C=CC=C(c2ccc(C[C@H](N)C(=O)N[C@@H](CCCNC(N)N)C(=O)OCc3ccc(-c4ccccc4)cc3)cc2)C1. The third-order valence-electron chi connectivity index (χ3n) is 7.49. The van der Waals surface area contributed by atoms with Gasteiger partial charge in [0.2, 0.25) is 5.91 Å². The maximum Gasteiger partial charge on any atom is 0.328 e. The standard InChI is InChI=1S/C35H43N5O3/c1-24-7-5-10-30(21-24)29-16-12-25(13-17-29)22-31(36)33(41)40-32(11-6-20-39-35(37)38)34(42)43-23-26-14-18-28(19-15-26)27-8-3-2-4-9-27/h2-5,7-10,12-19,24,31-32,35,39H,6,11,20-23,36-38H2,1H3,(H,40,41)/t24?,31-,32-/m0/s1. The lowest BCUT2D eigenvalue weighted by Crippen LogP contribution is -2.50. The van der Waals surface area contributed by atoms with Crippen molar-refractivity contribution < 1.29 is 14.3 Å². The Bertz CT molecular complexity index is 1390. The van der Waals surface area contributed by atoms with Crippen LogP contribution in [-0.4, -0.2) is 36.8 Å². The summed E-state index contributed by atoms with van der Waals surface area (Å²) in [6.07, 6.45) is 8.03. The molecule has 1 amide bonds. The van der Waals surface area contributed by atoms with Gasteiger partial charge in [-0.05, 0) is 71.5 Å². The molecule has 1 aliphatic carbocycles. The average molecular weight is 582 g/mol. The lowest BCUT2D eigenvalue weighted by atomic mass is 9.90. The zero-order valence-corrected chi connectivity index (χ0v) is 24.7. The summed E-state index contributed by atoms with van der Waals surface area (Å²) in [5.41, 5.74) is 23.9. The number of carbonyl (C=O) groups is 2. The first-order valence-electron chi connectivity index (χ1n) is 14.9. The number of amides is 1. The van der Waals surface area contributed by atoms with Crippen LogP contribution >= 0.6 is 0 Å². The zero-order valence-electron chi connectivity index (χ0n) is 24.7. The van der Waals surface area contributed by atoms with Gasteiger partial charge in [0.15, 0.2) is 0 Å². The van der Waals surface area contributed by atoms with E-state index in [0.717, 1.165) is 28.7 Å². The fourth-order valence-electron chi connectivity index (χ4n) is 5.04. The van der Waals surface area contributed by atoms with Crippen LogP contribution in [0.3, 0.4) is 0 Å². The molecule has 0 heterocycles. The van der Waals surface area contributed by atoms with Crippen molar-refractivity contribution in [3.8, 4) is 11.1 Å². The summed E-state index contributed by atoms with van der Waals surface area (Å²) >= 11 is 0. The Morgan fingerprint density at radius 2 is 1.53 bits per heavy atom. The van der Waals surface area contributed by atoms with Crippen LogP contribution in [0.2, 0.25) is 0 Å². The van der Waals surface area contributed by atoms with Crippen LogP contribution in [0.4, 0.5) is 0 Å². The Balaban J connectivity index is 1.33. The molecule has 8 heteroatoms. The van der Waals surface area contributed by atoms with Crippen LogP contribution in [0.15, 0.2) is 97.1 Å². The highest BCUT2D eigenvalue weighted by Crippen LogP contribution is 2.27. The molecule has 0 radical (unpaired) electrons. The van der Waals surface area contributed by atoms with Crippen molar-refractivity contribution >= 4 is 17.4 Å². The number of rotatable bonds is 14. The van der Waals surface area contributed by atoms with Gasteiger partial charge in [0.1, 0.15) is 18.9 Å². The smallest absolute Gasteiger partial charge is 0.328 e. The van der Waals surface area contributed by atoms with Crippen molar-refractivity contribution in [1.29, 1.82) is 0 Å². The van der Waals surface area contributed by atoms with Crippen molar-refractivity contribution in [2.75, 3.05) is 6.54 Å². The van der Waals surface area contributed by atoms with Crippen LogP contribution in [0.25, 0.3) is 16.7 Å². The molecule has 3 aromatic carbocycles. The average Bonchev–Trinajstić information content (AvgIpc) is 3.02. The molecular weight excluding hydrogens is 538 g/mol. The maximum atomic E-state index is 13.1. The largest absolute Gasteiger partial charge is 0.459 e. The molecular formula is C35H43N5O3. The molecule has 0 saturated carbocycles. The topological polar surface area (TPSA) is 145 Å². The second-order valence-corrected chi connectivity index (χ2v) is 11.1. The van der Waals surface area contributed by atoms with E-state index in [9.17, 15) is 9.59 Å². The van der Waals surface area contributed by atoms with Gasteiger partial charge in [0.25, 0.3) is 0 Å². The van der Waals surface area contributed by atoms with Gasteiger partial charge in [-0.3, -0.25) is 10.1 Å². The predicted molar refractivity (Wildman–Crippen MR) is 172 cm³/mol. The highest BCUT2D eigenvalue weighted by Gasteiger charge is 2.25. The third kappa shape index (κ3) is 10.0. The number of nitrogens with one attached hydrogen (secondary N) is 2. The highest BCUT2D eigenvalue weighted by molar-refractivity contribution is 5.87. The Morgan fingerprint density at radius 1 is 0.884 bits per heavy atom. The normalized spacial score (nSPS) is 15.9. The number of esters is 1. The molecule has 1 aliphatic rings. The molecule has 226 valence electrons. The fraction of sp³-hybridized carbons (Fsp3) is 0.314. The van der Waals surface area contributed by atoms with Crippen LogP contribution in [0.1, 0.15) is 42.9 Å². The van der Waals surface area contributed by atoms with E-state index in [1.165, 1.54) is 11.1 Å². The van der Waals surface area contributed by atoms with E-state index in [1.54, 1.807) is 0 Å². The molecule has 8 N–H and O–H groups in total. The second-order valence-electron chi connectivity index (χ2n) is 11.1. The number of nitrogens with two attached hydrogens (primary N) is 3. The first kappa shape index (κ1) is 31.8. The number of benzene rings is 3. The van der Waals surface area contributed by atoms with Crippen LogP contribution in [-0.2, 0) is 27.4 Å². The molecule has 3 aromatic rings. The monoisotopic (exact) mass is 581 g/mol. The summed E-state index contributed by atoms with van der Waals surface area (Å²) in [5.74, 6) is -0.409. The lowest BCUT2D eigenvalue weighted by Gasteiger charge is -2.21. The summed E-state index contributed by atoms with van der Waals surface area (Å²) in [7, 11) is 0. The molecule has 4 rings (SSSR count). The zero-order chi connectivity index (χ0) is 30.6. The van der Waals surface area contributed by atoms with Crippen molar-refractivity contribution in [1.82, 2.24) is 10.6 Å². The third-order valence-corrected chi connectivity index (χ3v) is 7.49. The van der Waals surface area contributed by atoms with E-state index >= 15 is 0 Å². The number of hydrogen-bond acceptors (Lipinski definition) is 7. The minimum Gasteiger partial charge on any atom is -0.459 e. The summed E-state index contributed by atoms with van der Waals surface area (Å²) in [5, 5.41) is 5.73. The summed E-state index contributed by atoms with van der Waals surface area (Å²) < 4.78 is 5.62. The molecule has 0 fully saturated rings. The Labute approximate surface area is 254 Å². The second kappa shape index (κ2) is 16.0. The number of hydrogen-bond donors (Lipinski definition) is 5. The van der Waals surface area contributed by atoms with Gasteiger partial charge in [-0.25, -0.2) is 4.79 Å². The van der Waals surface area contributed by atoms with Gasteiger partial charge < -0.3 is 27.3 Å². The molecule has 0 saturated heterocycles. The molecule has 1 unspecified atom stereocenters. The van der Waals surface area contributed by atoms with Gasteiger partial charge in [0.05, 0.1) is 6.04 Å². The highest BCUT2D eigenvalue weighted by atomic mass is 16.5. The van der Waals surface area contributed by atoms with Gasteiger partial charge >= 0.3 is 5.97 Å². The predicted octanol–water partition coefficient (Wildman–Crippen LogP) is 4.00. The lowest BCUT2D eigenvalue weighted by molar-refractivity contribution is -0.149. The molecule has 0 aliphatic heterocycles. The Morgan fingerprint density at radius 3 is 2.21 bits per heavy atom. The van der Waals surface area contributed by atoms with E-state index in [0.29, 0.717) is 31.7 Å². The van der Waals surface area contributed by atoms with Crippen molar-refractivity contribution in [2.24, 2.45) is 23.1 Å². The van der Waals surface area contributed by atoms with E-state index in [-0.39, 0.29) is 6.61 Å². The Kier molecular flexibility index (Phi) is 11.8. The minimum atomic E-state index is -0.853. The molecule has 3 atom stereocenters. The molecule has 0 bridgehead atoms. The fourth-order valence-corrected chi connectivity index (χ4v) is 5.04. The minimum absolute atomic E-state index is 0.0929. The first-order chi connectivity index (χ1) is 20.8. The van der Waals surface area contributed by atoms with E-state index in [1.807, 2.05) is 66.7 Å². The number of ether oxygens (including phenoxy) is 1. The summed E-state index contributed by atoms with van der Waals surface area (Å²) in [6.45, 7) is 2.78. The van der Waals surface area contributed by atoms with E-state index in [4.69, 9.17) is 21.9 Å². The van der Waals surface area contributed by atoms with Crippen molar-refractivity contribution in [3.05, 3.63) is 114 Å². The molecule has 0 spiro atoms. The van der Waals surface area contributed by atoms with Crippen LogP contribution in [0.5, 0.6) is 0 Å². The van der Waals surface area contributed by atoms with Crippen LogP contribution in [0, 0.1) is 5.92 Å². The van der Waals surface area contributed by atoms with E-state index in [2.05, 4.69) is 47.9 Å². The molecule has 0 aromatic heterocycles. The molecule has 43 heavy (non-hydrogen) atoms. The molecule has 8 nitrogen and oxygen atoms in total. The number of allylic oxidation sites excluding steroid dienone is 4. The quantitative estimate of drug-likeness (QED) is 0.110. The van der Waals surface area contributed by atoms with Gasteiger partial charge in [-0.1, -0.05) is 104 Å². The van der Waals surface area contributed by atoms with Gasteiger partial charge in [-0.15, -0.1) is 0 Å². The van der Waals surface area contributed by atoms with Crippen LogP contribution < -0.4 is 27.8 Å². The Hall–Kier alpha value is -4.08. The van der Waals surface area contributed by atoms with E-state index < -0.39 is 30.2 Å². The van der Waals surface area contributed by atoms with Crippen molar-refractivity contribution in [3.63, 3.8) is 0 Å². The van der Waals surface area contributed by atoms with Gasteiger partial charge in [0, 0.05) is 0 Å². The summed E-state index contributed by atoms with van der Waals surface area (Å²) in [6, 6.07) is 24.4. The van der Waals surface area contributed by atoms with Gasteiger partial charge in [-0.2, -0.15) is 0 Å². The number of carbonyl (C=O) groups excluding carboxylic acids is 2. The first-order valence-corrected chi connectivity index (χ1v) is 14.9.